The van der Waals surface area contributed by atoms with Crippen molar-refractivity contribution in [1.29, 1.82) is 5.26 Å². The predicted molar refractivity (Wildman–Crippen MR) is 99.2 cm³/mol. The summed E-state index contributed by atoms with van der Waals surface area (Å²) in [7, 11) is -3.78. The molecule has 0 fully saturated rings. The molecule has 2 N–H and O–H groups in total. The number of alkyl halides is 3. The van der Waals surface area contributed by atoms with Crippen LogP contribution in [0.2, 0.25) is 0 Å². The minimum absolute atomic E-state index is 0.0221. The summed E-state index contributed by atoms with van der Waals surface area (Å²) in [6, 6.07) is 10.9. The van der Waals surface area contributed by atoms with Crippen molar-refractivity contribution in [3.8, 4) is 6.07 Å². The SMILES string of the molecule is CC(NC(=O)c1ccc(S(=O)(=O)NCCC#N)cc1)c1ccc(C(F)(F)F)cc1. The largest absolute Gasteiger partial charge is 0.416 e. The van der Waals surface area contributed by atoms with Gasteiger partial charge in [0.2, 0.25) is 10.0 Å². The van der Waals surface area contributed by atoms with Crippen LogP contribution >= 0.6 is 0 Å². The topological polar surface area (TPSA) is 99.1 Å². The molecule has 2 aromatic carbocycles. The van der Waals surface area contributed by atoms with Gasteiger partial charge in [-0.2, -0.15) is 18.4 Å². The van der Waals surface area contributed by atoms with Crippen LogP contribution in [0.3, 0.4) is 0 Å². The van der Waals surface area contributed by atoms with Crippen LogP contribution in [0.4, 0.5) is 13.2 Å². The fourth-order valence-corrected chi connectivity index (χ4v) is 3.47. The number of rotatable bonds is 7. The van der Waals surface area contributed by atoms with Gasteiger partial charge in [0.1, 0.15) is 0 Å². The molecule has 0 aliphatic heterocycles. The van der Waals surface area contributed by atoms with E-state index >= 15 is 0 Å². The number of hydrogen-bond acceptors (Lipinski definition) is 4. The van der Waals surface area contributed by atoms with E-state index in [4.69, 9.17) is 5.26 Å². The Morgan fingerprint density at radius 1 is 1.10 bits per heavy atom. The summed E-state index contributed by atoms with van der Waals surface area (Å²) in [6.07, 6.45) is -4.40. The first-order valence-corrected chi connectivity index (χ1v) is 9.97. The van der Waals surface area contributed by atoms with Gasteiger partial charge >= 0.3 is 6.18 Å². The molecule has 0 aliphatic rings. The summed E-state index contributed by atoms with van der Waals surface area (Å²) in [6.45, 7) is 1.60. The lowest BCUT2D eigenvalue weighted by Crippen LogP contribution is -2.27. The van der Waals surface area contributed by atoms with Crippen molar-refractivity contribution in [2.45, 2.75) is 30.5 Å². The van der Waals surface area contributed by atoms with Crippen LogP contribution in [0.15, 0.2) is 53.4 Å². The molecule has 0 bridgehead atoms. The summed E-state index contributed by atoms with van der Waals surface area (Å²) in [5.74, 6) is -0.501. The second-order valence-electron chi connectivity index (χ2n) is 6.15. The second kappa shape index (κ2) is 9.07. The van der Waals surface area contributed by atoms with Gasteiger partial charge < -0.3 is 5.32 Å². The van der Waals surface area contributed by atoms with Gasteiger partial charge in [0.25, 0.3) is 5.91 Å². The Morgan fingerprint density at radius 3 is 2.21 bits per heavy atom. The number of benzene rings is 2. The Kier molecular flexibility index (Phi) is 7.00. The van der Waals surface area contributed by atoms with Crippen molar-refractivity contribution in [3.05, 3.63) is 65.2 Å². The monoisotopic (exact) mass is 425 g/mol. The van der Waals surface area contributed by atoms with E-state index in [0.717, 1.165) is 12.1 Å². The lowest BCUT2D eigenvalue weighted by molar-refractivity contribution is -0.137. The molecule has 1 amide bonds. The van der Waals surface area contributed by atoms with Gasteiger partial charge in [-0.05, 0) is 48.9 Å². The summed E-state index contributed by atoms with van der Waals surface area (Å²) >= 11 is 0. The third-order valence-electron chi connectivity index (χ3n) is 4.04. The molecule has 0 heterocycles. The van der Waals surface area contributed by atoms with Gasteiger partial charge in [-0.1, -0.05) is 12.1 Å². The van der Waals surface area contributed by atoms with Gasteiger partial charge in [-0.25, -0.2) is 13.1 Å². The second-order valence-corrected chi connectivity index (χ2v) is 7.91. The lowest BCUT2D eigenvalue weighted by Gasteiger charge is -2.16. The zero-order chi connectivity index (χ0) is 21.7. The van der Waals surface area contributed by atoms with Gasteiger partial charge in [0.05, 0.1) is 22.6 Å². The minimum atomic E-state index is -4.43. The number of sulfonamides is 1. The third-order valence-corrected chi connectivity index (χ3v) is 5.52. The van der Waals surface area contributed by atoms with E-state index in [1.165, 1.54) is 36.4 Å². The molecule has 0 radical (unpaired) electrons. The van der Waals surface area contributed by atoms with E-state index in [-0.39, 0.29) is 23.4 Å². The van der Waals surface area contributed by atoms with Crippen molar-refractivity contribution in [1.82, 2.24) is 10.0 Å². The minimum Gasteiger partial charge on any atom is -0.346 e. The first-order chi connectivity index (χ1) is 13.5. The molecule has 1 unspecified atom stereocenters. The third kappa shape index (κ3) is 6.04. The quantitative estimate of drug-likeness (QED) is 0.665. The average Bonchev–Trinajstić information content (AvgIpc) is 2.67. The summed E-state index contributed by atoms with van der Waals surface area (Å²) in [4.78, 5) is 12.3. The first kappa shape index (κ1) is 22.4. The molecule has 0 spiro atoms. The Morgan fingerprint density at radius 2 is 1.69 bits per heavy atom. The van der Waals surface area contributed by atoms with Crippen LogP contribution in [-0.4, -0.2) is 20.9 Å². The Balaban J connectivity index is 2.04. The number of halogens is 3. The van der Waals surface area contributed by atoms with Gasteiger partial charge in [-0.3, -0.25) is 4.79 Å². The zero-order valence-electron chi connectivity index (χ0n) is 15.3. The maximum Gasteiger partial charge on any atom is 0.416 e. The molecule has 2 aromatic rings. The van der Waals surface area contributed by atoms with Crippen molar-refractivity contribution < 1.29 is 26.4 Å². The Hall–Kier alpha value is -2.90. The molecule has 0 aromatic heterocycles. The fraction of sp³-hybridized carbons (Fsp3) is 0.263. The molecule has 154 valence electrons. The van der Waals surface area contributed by atoms with E-state index in [1.54, 1.807) is 6.92 Å². The Bertz CT molecular complexity index is 996. The van der Waals surface area contributed by atoms with E-state index in [0.29, 0.717) is 5.56 Å². The summed E-state index contributed by atoms with van der Waals surface area (Å²) in [5, 5.41) is 11.1. The molecule has 0 saturated carbocycles. The van der Waals surface area contributed by atoms with Crippen LogP contribution in [0.25, 0.3) is 0 Å². The number of amides is 1. The van der Waals surface area contributed by atoms with Gasteiger partial charge in [0, 0.05) is 18.5 Å². The number of nitriles is 1. The van der Waals surface area contributed by atoms with Crippen molar-refractivity contribution in [3.63, 3.8) is 0 Å². The molecule has 10 heteroatoms. The van der Waals surface area contributed by atoms with Crippen LogP contribution < -0.4 is 10.0 Å². The number of carbonyl (C=O) groups is 1. The van der Waals surface area contributed by atoms with E-state index < -0.39 is 33.7 Å². The molecule has 6 nitrogen and oxygen atoms in total. The molecule has 1 atom stereocenters. The number of nitrogens with zero attached hydrogens (tertiary/aromatic N) is 1. The molecule has 2 rings (SSSR count). The normalized spacial score (nSPS) is 12.8. The highest BCUT2D eigenvalue weighted by atomic mass is 32.2. The van der Waals surface area contributed by atoms with Crippen molar-refractivity contribution >= 4 is 15.9 Å². The number of nitrogens with one attached hydrogen (secondary N) is 2. The predicted octanol–water partition coefficient (Wildman–Crippen LogP) is 3.39. The smallest absolute Gasteiger partial charge is 0.346 e. The average molecular weight is 425 g/mol. The van der Waals surface area contributed by atoms with Crippen LogP contribution in [0, 0.1) is 11.3 Å². The first-order valence-electron chi connectivity index (χ1n) is 8.49. The fourth-order valence-electron chi connectivity index (χ4n) is 2.43. The highest BCUT2D eigenvalue weighted by Gasteiger charge is 2.30. The maximum atomic E-state index is 12.6. The van der Waals surface area contributed by atoms with E-state index in [2.05, 4.69) is 10.0 Å². The zero-order valence-corrected chi connectivity index (χ0v) is 16.1. The van der Waals surface area contributed by atoms with E-state index in [9.17, 15) is 26.4 Å². The maximum absolute atomic E-state index is 12.6. The van der Waals surface area contributed by atoms with Crippen molar-refractivity contribution in [2.75, 3.05) is 6.54 Å². The molecular weight excluding hydrogens is 407 g/mol. The molecule has 0 aliphatic carbocycles. The number of hydrogen-bond donors (Lipinski definition) is 2. The standard InChI is InChI=1S/C19H18F3N3O3S/c1-13(14-3-7-16(8-4-14)19(20,21)22)25-18(26)15-5-9-17(10-6-15)29(27,28)24-12-2-11-23/h3-10,13,24H,2,12H2,1H3,(H,25,26). The van der Waals surface area contributed by atoms with Gasteiger partial charge in [0.15, 0.2) is 0 Å². The molecule has 0 saturated heterocycles. The summed E-state index contributed by atoms with van der Waals surface area (Å²) in [5.41, 5.74) is -0.0908. The molecular formula is C19H18F3N3O3S. The highest BCUT2D eigenvalue weighted by Crippen LogP contribution is 2.29. The highest BCUT2D eigenvalue weighted by molar-refractivity contribution is 7.89. The Labute approximate surface area is 166 Å². The van der Waals surface area contributed by atoms with E-state index in [1.807, 2.05) is 6.07 Å². The van der Waals surface area contributed by atoms with Crippen molar-refractivity contribution in [2.24, 2.45) is 0 Å². The van der Waals surface area contributed by atoms with Crippen LogP contribution in [0.1, 0.15) is 40.9 Å². The van der Waals surface area contributed by atoms with Crippen LogP contribution in [0.5, 0.6) is 0 Å². The number of carbonyl (C=O) groups excluding carboxylic acids is 1. The lowest BCUT2D eigenvalue weighted by atomic mass is 10.1. The summed E-state index contributed by atoms with van der Waals surface area (Å²) < 4.78 is 64.2. The van der Waals surface area contributed by atoms with Gasteiger partial charge in [-0.15, -0.1) is 0 Å². The van der Waals surface area contributed by atoms with Crippen LogP contribution in [-0.2, 0) is 16.2 Å². The molecule has 29 heavy (non-hydrogen) atoms.